The van der Waals surface area contributed by atoms with Crippen LogP contribution in [0.4, 0.5) is 5.69 Å². The van der Waals surface area contributed by atoms with Crippen LogP contribution in [0.1, 0.15) is 46.5 Å². The van der Waals surface area contributed by atoms with Gasteiger partial charge in [-0.05, 0) is 44.4 Å². The number of nitrogens with zero attached hydrogens (tertiary/aromatic N) is 2. The molecule has 1 atom stereocenters. The first-order valence-corrected chi connectivity index (χ1v) is 9.81. The molecular formula is C20H33ClN2O. The molecule has 1 aliphatic rings. The number of benzene rings is 1. The molecule has 0 aromatic heterocycles. The summed E-state index contributed by atoms with van der Waals surface area (Å²) in [4.78, 5) is 4.97. The molecule has 1 unspecified atom stereocenters. The van der Waals surface area contributed by atoms with Crippen molar-refractivity contribution >= 4 is 17.3 Å². The van der Waals surface area contributed by atoms with Crippen LogP contribution in [0.25, 0.3) is 0 Å². The van der Waals surface area contributed by atoms with Crippen molar-refractivity contribution in [2.75, 3.05) is 44.2 Å². The van der Waals surface area contributed by atoms with Gasteiger partial charge in [0, 0.05) is 50.0 Å². The largest absolute Gasteiger partial charge is 0.375 e. The number of halogens is 1. The molecule has 0 saturated carbocycles. The van der Waals surface area contributed by atoms with Crippen LogP contribution in [-0.4, -0.2) is 49.8 Å². The van der Waals surface area contributed by atoms with Gasteiger partial charge in [-0.2, -0.15) is 0 Å². The van der Waals surface area contributed by atoms with Gasteiger partial charge in [-0.3, -0.25) is 4.90 Å². The molecule has 1 saturated heterocycles. The zero-order chi connectivity index (χ0) is 17.4. The van der Waals surface area contributed by atoms with Crippen LogP contribution in [0, 0.1) is 0 Å². The van der Waals surface area contributed by atoms with Gasteiger partial charge >= 0.3 is 0 Å². The molecule has 1 heterocycles. The van der Waals surface area contributed by atoms with Crippen molar-refractivity contribution in [3.05, 3.63) is 29.3 Å². The van der Waals surface area contributed by atoms with Gasteiger partial charge in [0.25, 0.3) is 0 Å². The molecule has 0 amide bonds. The number of hydrogen-bond donors (Lipinski definition) is 0. The van der Waals surface area contributed by atoms with Gasteiger partial charge in [-0.1, -0.05) is 37.9 Å². The minimum atomic E-state index is 0.0695. The molecular weight excluding hydrogens is 320 g/mol. The Morgan fingerprint density at radius 2 is 1.92 bits per heavy atom. The van der Waals surface area contributed by atoms with Crippen LogP contribution in [0.3, 0.4) is 0 Å². The highest BCUT2D eigenvalue weighted by molar-refractivity contribution is 6.30. The quantitative estimate of drug-likeness (QED) is 0.591. The molecule has 24 heavy (non-hydrogen) atoms. The maximum atomic E-state index is 6.16. The van der Waals surface area contributed by atoms with Crippen LogP contribution < -0.4 is 4.90 Å². The molecule has 0 aliphatic carbocycles. The van der Waals surface area contributed by atoms with Crippen molar-refractivity contribution in [1.29, 1.82) is 0 Å². The summed E-state index contributed by atoms with van der Waals surface area (Å²) in [5.74, 6) is 0. The summed E-state index contributed by atoms with van der Waals surface area (Å²) >= 11 is 6.10. The van der Waals surface area contributed by atoms with Crippen LogP contribution in [0.15, 0.2) is 24.3 Å². The van der Waals surface area contributed by atoms with Gasteiger partial charge in [0.1, 0.15) is 0 Å². The highest BCUT2D eigenvalue weighted by atomic mass is 35.5. The molecule has 0 spiro atoms. The molecule has 4 heteroatoms. The Labute approximate surface area is 152 Å². The lowest BCUT2D eigenvalue weighted by Gasteiger charge is -2.36. The average molecular weight is 353 g/mol. The number of piperazine rings is 1. The molecule has 0 N–H and O–H groups in total. The van der Waals surface area contributed by atoms with E-state index in [9.17, 15) is 0 Å². The molecule has 136 valence electrons. The second-order valence-corrected chi connectivity index (χ2v) is 7.50. The van der Waals surface area contributed by atoms with E-state index in [1.165, 1.54) is 12.1 Å². The van der Waals surface area contributed by atoms with Crippen molar-refractivity contribution in [2.45, 2.75) is 52.1 Å². The van der Waals surface area contributed by atoms with Crippen molar-refractivity contribution in [2.24, 2.45) is 0 Å². The Bertz CT molecular complexity index is 488. The predicted octanol–water partition coefficient (Wildman–Crippen LogP) is 4.84. The Balaban J connectivity index is 1.66. The van der Waals surface area contributed by atoms with E-state index < -0.39 is 0 Å². The average Bonchev–Trinajstić information content (AvgIpc) is 2.59. The lowest BCUT2D eigenvalue weighted by molar-refractivity contribution is -0.0437. The van der Waals surface area contributed by atoms with E-state index >= 15 is 0 Å². The smallest absolute Gasteiger partial charge is 0.0651 e. The molecule has 0 bridgehead atoms. The lowest BCUT2D eigenvalue weighted by atomic mass is 9.97. The van der Waals surface area contributed by atoms with Crippen molar-refractivity contribution in [3.8, 4) is 0 Å². The third-order valence-electron chi connectivity index (χ3n) is 5.14. The van der Waals surface area contributed by atoms with Crippen LogP contribution in [0.5, 0.6) is 0 Å². The minimum Gasteiger partial charge on any atom is -0.375 e. The summed E-state index contributed by atoms with van der Waals surface area (Å²) in [5, 5.41) is 0.818. The van der Waals surface area contributed by atoms with Gasteiger partial charge < -0.3 is 9.64 Å². The summed E-state index contributed by atoms with van der Waals surface area (Å²) in [6.07, 6.45) is 4.56. The van der Waals surface area contributed by atoms with Crippen LogP contribution in [0.2, 0.25) is 5.02 Å². The SMILES string of the molecule is CCCC(C)(CC)OCCCN1CCN(c2cccc(Cl)c2)CC1. The molecule has 1 aromatic carbocycles. The first kappa shape index (κ1) is 19.6. The van der Waals surface area contributed by atoms with Gasteiger partial charge in [-0.15, -0.1) is 0 Å². The standard InChI is InChI=1S/C20H33ClN2O/c1-4-10-20(3,5-2)24-16-7-11-22-12-14-23(15-13-22)19-9-6-8-18(21)17-19/h6,8-9,17H,4-5,7,10-16H2,1-3H3. The maximum absolute atomic E-state index is 6.16. The van der Waals surface area contributed by atoms with Crippen molar-refractivity contribution < 1.29 is 4.74 Å². The first-order valence-electron chi connectivity index (χ1n) is 9.43. The molecule has 2 rings (SSSR count). The summed E-state index contributed by atoms with van der Waals surface area (Å²) in [6.45, 7) is 13.1. The Hall–Kier alpha value is -0.770. The van der Waals surface area contributed by atoms with Gasteiger partial charge in [0.15, 0.2) is 0 Å². The monoisotopic (exact) mass is 352 g/mol. The number of hydrogen-bond acceptors (Lipinski definition) is 3. The fourth-order valence-electron chi connectivity index (χ4n) is 3.39. The molecule has 1 fully saturated rings. The third-order valence-corrected chi connectivity index (χ3v) is 5.38. The maximum Gasteiger partial charge on any atom is 0.0651 e. The number of anilines is 1. The predicted molar refractivity (Wildman–Crippen MR) is 104 cm³/mol. The van der Waals surface area contributed by atoms with E-state index in [1.54, 1.807) is 0 Å². The van der Waals surface area contributed by atoms with E-state index in [0.717, 1.165) is 63.6 Å². The van der Waals surface area contributed by atoms with E-state index in [2.05, 4.69) is 42.7 Å². The zero-order valence-corrected chi connectivity index (χ0v) is 16.3. The third kappa shape index (κ3) is 5.94. The van der Waals surface area contributed by atoms with E-state index in [1.807, 2.05) is 12.1 Å². The first-order chi connectivity index (χ1) is 11.6. The zero-order valence-electron chi connectivity index (χ0n) is 15.6. The highest BCUT2D eigenvalue weighted by Gasteiger charge is 2.22. The summed E-state index contributed by atoms with van der Waals surface area (Å²) in [6, 6.07) is 8.17. The summed E-state index contributed by atoms with van der Waals surface area (Å²) in [7, 11) is 0. The summed E-state index contributed by atoms with van der Waals surface area (Å²) < 4.78 is 6.16. The Morgan fingerprint density at radius 3 is 2.54 bits per heavy atom. The molecule has 0 radical (unpaired) electrons. The van der Waals surface area contributed by atoms with Crippen LogP contribution in [-0.2, 0) is 4.74 Å². The van der Waals surface area contributed by atoms with Crippen molar-refractivity contribution in [3.63, 3.8) is 0 Å². The number of ether oxygens (including phenoxy) is 1. The minimum absolute atomic E-state index is 0.0695. The lowest BCUT2D eigenvalue weighted by Crippen LogP contribution is -2.46. The molecule has 3 nitrogen and oxygen atoms in total. The number of rotatable bonds is 9. The molecule has 1 aromatic rings. The molecule has 1 aliphatic heterocycles. The Kier molecular flexibility index (Phi) is 7.86. The summed E-state index contributed by atoms with van der Waals surface area (Å²) in [5.41, 5.74) is 1.31. The fourth-order valence-corrected chi connectivity index (χ4v) is 3.57. The fraction of sp³-hybridized carbons (Fsp3) is 0.700. The topological polar surface area (TPSA) is 15.7 Å². The highest BCUT2D eigenvalue weighted by Crippen LogP contribution is 2.22. The second kappa shape index (κ2) is 9.65. The van der Waals surface area contributed by atoms with Crippen LogP contribution >= 0.6 is 11.6 Å². The van der Waals surface area contributed by atoms with E-state index in [4.69, 9.17) is 16.3 Å². The van der Waals surface area contributed by atoms with Crippen molar-refractivity contribution in [1.82, 2.24) is 4.90 Å². The Morgan fingerprint density at radius 1 is 1.17 bits per heavy atom. The van der Waals surface area contributed by atoms with Gasteiger partial charge in [0.2, 0.25) is 0 Å². The second-order valence-electron chi connectivity index (χ2n) is 7.06. The van der Waals surface area contributed by atoms with Gasteiger partial charge in [0.05, 0.1) is 5.60 Å². The van der Waals surface area contributed by atoms with Gasteiger partial charge in [-0.25, -0.2) is 0 Å². The normalized spacial score (nSPS) is 18.6. The van der Waals surface area contributed by atoms with E-state index in [0.29, 0.717) is 0 Å². The van der Waals surface area contributed by atoms with E-state index in [-0.39, 0.29) is 5.60 Å².